The van der Waals surface area contributed by atoms with Gasteiger partial charge in [0.2, 0.25) is 10.0 Å². The van der Waals surface area contributed by atoms with Gasteiger partial charge < -0.3 is 0 Å². The maximum absolute atomic E-state index is 12.0. The quantitative estimate of drug-likeness (QED) is 0.872. The molecule has 1 aromatic heterocycles. The summed E-state index contributed by atoms with van der Waals surface area (Å²) in [5.41, 5.74) is 0.359. The molecule has 0 fully saturated rings. The van der Waals surface area contributed by atoms with E-state index in [0.717, 1.165) is 0 Å². The summed E-state index contributed by atoms with van der Waals surface area (Å²) in [5.74, 6) is 0. The van der Waals surface area contributed by atoms with E-state index >= 15 is 0 Å². The minimum absolute atomic E-state index is 0.127. The van der Waals surface area contributed by atoms with Crippen molar-refractivity contribution < 1.29 is 8.42 Å². The van der Waals surface area contributed by atoms with E-state index in [1.807, 2.05) is 0 Å². The van der Waals surface area contributed by atoms with Crippen molar-refractivity contribution in [3.63, 3.8) is 0 Å². The summed E-state index contributed by atoms with van der Waals surface area (Å²) < 4.78 is 27.8. The zero-order valence-electron chi connectivity index (χ0n) is 11.0. The van der Waals surface area contributed by atoms with Crippen molar-refractivity contribution in [1.29, 1.82) is 0 Å². The Kier molecular flexibility index (Phi) is 4.31. The van der Waals surface area contributed by atoms with Crippen LogP contribution in [-0.2, 0) is 16.6 Å². The number of nitrogens with zero attached hydrogens (tertiary/aromatic N) is 2. The predicted molar refractivity (Wildman–Crippen MR) is 74.9 cm³/mol. The van der Waals surface area contributed by atoms with Crippen molar-refractivity contribution in [3.8, 4) is 0 Å². The first kappa shape index (κ1) is 14.4. The van der Waals surface area contributed by atoms with Crippen LogP contribution in [0.15, 0.2) is 52.5 Å². The summed E-state index contributed by atoms with van der Waals surface area (Å²) in [7, 11) is -3.54. The molecule has 0 spiro atoms. The molecule has 2 aromatic rings. The maximum atomic E-state index is 12.0. The predicted octanol–water partition coefficient (Wildman–Crippen LogP) is 0.530. The normalized spacial score (nSPS) is 11.4. The van der Waals surface area contributed by atoms with Crippen LogP contribution in [0.5, 0.6) is 0 Å². The average Bonchev–Trinajstić information content (AvgIpc) is 2.44. The van der Waals surface area contributed by atoms with Crippen LogP contribution in [0.4, 0.5) is 0 Å². The molecule has 0 unspecified atom stereocenters. The first-order valence-corrected chi connectivity index (χ1v) is 7.55. The molecule has 7 heteroatoms. The molecule has 0 aliphatic rings. The highest BCUT2D eigenvalue weighted by molar-refractivity contribution is 7.89. The Hall–Kier alpha value is -1.99. The maximum Gasteiger partial charge on any atom is 0.256 e. The van der Waals surface area contributed by atoms with Crippen LogP contribution in [0.3, 0.4) is 0 Å². The van der Waals surface area contributed by atoms with Gasteiger partial charge in [0.15, 0.2) is 0 Å². The summed E-state index contributed by atoms with van der Waals surface area (Å²) in [5, 5.41) is 0. The van der Waals surface area contributed by atoms with E-state index in [9.17, 15) is 13.2 Å². The molecule has 0 aliphatic heterocycles. The Morgan fingerprint density at radius 2 is 1.95 bits per heavy atom. The van der Waals surface area contributed by atoms with Crippen molar-refractivity contribution in [2.45, 2.75) is 18.4 Å². The summed E-state index contributed by atoms with van der Waals surface area (Å²) in [6.45, 7) is 2.03. The van der Waals surface area contributed by atoms with Crippen LogP contribution >= 0.6 is 0 Å². The molecule has 106 valence electrons. The molecule has 20 heavy (non-hydrogen) atoms. The van der Waals surface area contributed by atoms with Crippen LogP contribution in [0, 0.1) is 6.92 Å². The van der Waals surface area contributed by atoms with E-state index < -0.39 is 10.0 Å². The number of benzene rings is 1. The average molecular weight is 293 g/mol. The van der Waals surface area contributed by atoms with Gasteiger partial charge >= 0.3 is 0 Å². The van der Waals surface area contributed by atoms with Crippen LogP contribution in [-0.4, -0.2) is 24.5 Å². The van der Waals surface area contributed by atoms with Crippen LogP contribution in [0.2, 0.25) is 0 Å². The molecule has 1 N–H and O–H groups in total. The summed E-state index contributed by atoms with van der Waals surface area (Å²) in [6.07, 6.45) is 2.87. The van der Waals surface area contributed by atoms with Gasteiger partial charge in [-0.05, 0) is 19.1 Å². The van der Waals surface area contributed by atoms with Crippen molar-refractivity contribution in [2.75, 3.05) is 6.54 Å². The fourth-order valence-corrected chi connectivity index (χ4v) is 2.74. The van der Waals surface area contributed by atoms with E-state index in [1.165, 1.54) is 29.2 Å². The number of hydrogen-bond donors (Lipinski definition) is 1. The minimum Gasteiger partial charge on any atom is -0.298 e. The van der Waals surface area contributed by atoms with Gasteiger partial charge in [0.05, 0.1) is 11.2 Å². The second-order valence-electron chi connectivity index (χ2n) is 4.29. The van der Waals surface area contributed by atoms with Gasteiger partial charge in [0.1, 0.15) is 0 Å². The molecule has 0 bridgehead atoms. The van der Waals surface area contributed by atoms with Crippen LogP contribution in [0.1, 0.15) is 5.56 Å². The smallest absolute Gasteiger partial charge is 0.256 e. The van der Waals surface area contributed by atoms with Gasteiger partial charge in [-0.15, -0.1) is 0 Å². The van der Waals surface area contributed by atoms with Gasteiger partial charge in [-0.1, -0.05) is 18.2 Å². The molecule has 0 saturated carbocycles. The molecule has 2 rings (SSSR count). The molecule has 0 aliphatic carbocycles. The Morgan fingerprint density at radius 3 is 2.65 bits per heavy atom. The van der Waals surface area contributed by atoms with E-state index in [4.69, 9.17) is 0 Å². The summed E-state index contributed by atoms with van der Waals surface area (Å²) >= 11 is 0. The highest BCUT2D eigenvalue weighted by Crippen LogP contribution is 2.06. The zero-order valence-corrected chi connectivity index (χ0v) is 11.8. The molecular formula is C13H15N3O3S. The Labute approximate surface area is 117 Å². The third kappa shape index (κ3) is 3.31. The first-order valence-electron chi connectivity index (χ1n) is 6.06. The third-order valence-electron chi connectivity index (χ3n) is 2.77. The van der Waals surface area contributed by atoms with Crippen LogP contribution in [0.25, 0.3) is 0 Å². The molecule has 0 radical (unpaired) electrons. The zero-order chi connectivity index (χ0) is 14.6. The third-order valence-corrected chi connectivity index (χ3v) is 4.25. The second kappa shape index (κ2) is 5.98. The number of sulfonamides is 1. The van der Waals surface area contributed by atoms with Gasteiger partial charge in [0, 0.05) is 24.8 Å². The fourth-order valence-electron chi connectivity index (χ4n) is 1.70. The van der Waals surface area contributed by atoms with Gasteiger partial charge in [0.25, 0.3) is 5.56 Å². The standard InChI is InChI=1S/C13H15N3O3S/c1-11-9-14-10-16(13(11)17)8-7-15-20(18,19)12-5-3-2-4-6-12/h2-6,9-10,15H,7-8H2,1H3. The lowest BCUT2D eigenvalue weighted by Crippen LogP contribution is -2.31. The van der Waals surface area contributed by atoms with E-state index in [-0.39, 0.29) is 23.5 Å². The summed E-state index contributed by atoms with van der Waals surface area (Å²) in [6, 6.07) is 8.09. The van der Waals surface area contributed by atoms with Gasteiger partial charge in [-0.2, -0.15) is 0 Å². The Bertz CT molecular complexity index is 739. The lowest BCUT2D eigenvalue weighted by Gasteiger charge is -2.08. The topological polar surface area (TPSA) is 81.1 Å². The lowest BCUT2D eigenvalue weighted by molar-refractivity contribution is 0.568. The molecular weight excluding hydrogens is 278 g/mol. The number of hydrogen-bond acceptors (Lipinski definition) is 4. The number of rotatable bonds is 5. The van der Waals surface area contributed by atoms with E-state index in [1.54, 1.807) is 25.1 Å². The van der Waals surface area contributed by atoms with Crippen molar-refractivity contribution in [1.82, 2.24) is 14.3 Å². The lowest BCUT2D eigenvalue weighted by atomic mass is 10.4. The van der Waals surface area contributed by atoms with Crippen LogP contribution < -0.4 is 10.3 Å². The highest BCUT2D eigenvalue weighted by Gasteiger charge is 2.12. The molecule has 0 saturated heterocycles. The molecule has 1 heterocycles. The SMILES string of the molecule is Cc1cncn(CCNS(=O)(=O)c2ccccc2)c1=O. The highest BCUT2D eigenvalue weighted by atomic mass is 32.2. The molecule has 1 aromatic carbocycles. The molecule has 0 atom stereocenters. The Morgan fingerprint density at radius 1 is 1.25 bits per heavy atom. The summed E-state index contributed by atoms with van der Waals surface area (Å²) in [4.78, 5) is 15.8. The minimum atomic E-state index is -3.54. The second-order valence-corrected chi connectivity index (χ2v) is 6.05. The van der Waals surface area contributed by atoms with Gasteiger partial charge in [-0.25, -0.2) is 18.1 Å². The van der Waals surface area contributed by atoms with E-state index in [2.05, 4.69) is 9.71 Å². The first-order chi connectivity index (χ1) is 9.50. The van der Waals surface area contributed by atoms with Crippen molar-refractivity contribution in [2.24, 2.45) is 0 Å². The number of aromatic nitrogens is 2. The fraction of sp³-hybridized carbons (Fsp3) is 0.231. The van der Waals surface area contributed by atoms with Crippen molar-refractivity contribution in [3.05, 3.63) is 58.8 Å². The monoisotopic (exact) mass is 293 g/mol. The van der Waals surface area contributed by atoms with Crippen molar-refractivity contribution >= 4 is 10.0 Å². The number of nitrogens with one attached hydrogen (secondary N) is 1. The van der Waals surface area contributed by atoms with Gasteiger partial charge in [-0.3, -0.25) is 9.36 Å². The molecule has 0 amide bonds. The largest absolute Gasteiger partial charge is 0.298 e. The number of aryl methyl sites for hydroxylation is 1. The van der Waals surface area contributed by atoms with E-state index in [0.29, 0.717) is 5.56 Å². The Balaban J connectivity index is 2.03. The molecule has 6 nitrogen and oxygen atoms in total.